The van der Waals surface area contributed by atoms with Crippen LogP contribution in [-0.2, 0) is 0 Å². The topological polar surface area (TPSA) is 31.4 Å². The number of benzene rings is 7. The highest BCUT2D eigenvalue weighted by molar-refractivity contribution is 6.34. The molecule has 0 saturated carbocycles. The van der Waals surface area contributed by atoms with Crippen LogP contribution in [0.15, 0.2) is 90.6 Å². The Morgan fingerprint density at radius 2 is 1.07 bits per heavy atom. The van der Waals surface area contributed by atoms with Gasteiger partial charge in [0.2, 0.25) is 0 Å². The smallest absolute Gasteiger partial charge is 0.262 e. The van der Waals surface area contributed by atoms with Crippen LogP contribution >= 0.6 is 0 Å². The van der Waals surface area contributed by atoms with E-state index in [-0.39, 0.29) is 5.70 Å². The van der Waals surface area contributed by atoms with Gasteiger partial charge in [-0.2, -0.15) is 0 Å². The first-order valence-corrected chi connectivity index (χ1v) is 15.3. The van der Waals surface area contributed by atoms with E-state index in [1.165, 1.54) is 65.7 Å². The lowest BCUT2D eigenvalue weighted by Crippen LogP contribution is -2.12. The summed E-state index contributed by atoms with van der Waals surface area (Å²) in [7, 11) is 0. The third-order valence-electron chi connectivity index (χ3n) is 9.78. The Morgan fingerprint density at radius 1 is 0.622 bits per heavy atom. The third-order valence-corrected chi connectivity index (χ3v) is 9.78. The molecule has 0 unspecified atom stereocenters. The monoisotopic (exact) mass is 579 g/mol. The van der Waals surface area contributed by atoms with Crippen molar-refractivity contribution in [2.24, 2.45) is 0 Å². The van der Waals surface area contributed by atoms with E-state index in [1.807, 2.05) is 12.1 Å². The highest BCUT2D eigenvalue weighted by Gasteiger charge is 2.21. The van der Waals surface area contributed by atoms with Crippen LogP contribution in [0, 0.1) is 59.4 Å². The van der Waals surface area contributed by atoms with Gasteiger partial charge in [0.15, 0.2) is 0 Å². The van der Waals surface area contributed by atoms with Gasteiger partial charge in [-0.3, -0.25) is 0 Å². The average molecular weight is 580 g/mol. The minimum absolute atomic E-state index is 0.0851. The SMILES string of the molecule is [C-]#[N+]/C(C#N)=C\c1ccc2c3ccc(N(c4cc(C)c(C)c(C)c4)c4cc(C)c(C)c(C)c4)c4cccc(c5cccc1c52)c43. The molecule has 0 amide bonds. The number of anilines is 3. The van der Waals surface area contributed by atoms with Gasteiger partial charge in [0, 0.05) is 16.8 Å². The lowest BCUT2D eigenvalue weighted by molar-refractivity contribution is 1.20. The first-order valence-electron chi connectivity index (χ1n) is 15.3. The van der Waals surface area contributed by atoms with Crippen molar-refractivity contribution in [3.63, 3.8) is 0 Å². The molecule has 0 aliphatic carbocycles. The Hall–Kier alpha value is -5.64. The molecule has 0 radical (unpaired) electrons. The predicted molar refractivity (Wildman–Crippen MR) is 191 cm³/mol. The largest absolute Gasteiger partial charge is 0.310 e. The van der Waals surface area contributed by atoms with Crippen LogP contribution in [0.5, 0.6) is 0 Å². The quantitative estimate of drug-likeness (QED) is 0.0899. The summed E-state index contributed by atoms with van der Waals surface area (Å²) in [5.74, 6) is 0. The molecule has 7 aromatic rings. The van der Waals surface area contributed by atoms with E-state index >= 15 is 0 Å². The standard InChI is InChI=1S/C42H33N3/c1-24-18-32(19-25(2)28(24)5)45(33-20-26(3)29(6)27(4)21-33)40-17-16-38-37-15-14-30(22-31(23-43)44-7)34-10-8-11-35(41(34)37)36-12-9-13-39(40)42(36)38/h8-22H,1-6H3/b31-22-. The minimum Gasteiger partial charge on any atom is -0.310 e. The number of nitriles is 1. The third kappa shape index (κ3) is 4.32. The van der Waals surface area contributed by atoms with Crippen LogP contribution in [-0.4, -0.2) is 0 Å². The molecule has 7 rings (SSSR count). The van der Waals surface area contributed by atoms with Crippen LogP contribution in [0.4, 0.5) is 17.1 Å². The maximum atomic E-state index is 9.44. The summed E-state index contributed by atoms with van der Waals surface area (Å²) in [6.45, 7) is 20.6. The van der Waals surface area contributed by atoms with E-state index in [9.17, 15) is 5.26 Å². The van der Waals surface area contributed by atoms with Crippen molar-refractivity contribution in [3.05, 3.63) is 141 Å². The van der Waals surface area contributed by atoms with Crippen molar-refractivity contribution in [2.75, 3.05) is 4.90 Å². The van der Waals surface area contributed by atoms with Crippen molar-refractivity contribution in [3.8, 4) is 6.07 Å². The van der Waals surface area contributed by atoms with E-state index < -0.39 is 0 Å². The average Bonchev–Trinajstić information content (AvgIpc) is 3.04. The van der Waals surface area contributed by atoms with E-state index in [0.29, 0.717) is 0 Å². The van der Waals surface area contributed by atoms with Crippen molar-refractivity contribution in [2.45, 2.75) is 41.5 Å². The molecule has 0 N–H and O–H groups in total. The van der Waals surface area contributed by atoms with Gasteiger partial charge in [-0.15, -0.1) is 0 Å². The Kier molecular flexibility index (Phi) is 6.58. The summed E-state index contributed by atoms with van der Waals surface area (Å²) in [6.07, 6.45) is 1.70. The molecule has 7 aromatic carbocycles. The minimum atomic E-state index is 0.0851. The number of aryl methyl sites for hydroxylation is 4. The second-order valence-corrected chi connectivity index (χ2v) is 12.3. The van der Waals surface area contributed by atoms with E-state index in [4.69, 9.17) is 6.57 Å². The van der Waals surface area contributed by atoms with E-state index in [1.54, 1.807) is 6.08 Å². The van der Waals surface area contributed by atoms with Gasteiger partial charge in [-0.05, 0) is 155 Å². The van der Waals surface area contributed by atoms with Crippen molar-refractivity contribution < 1.29 is 0 Å². The second-order valence-electron chi connectivity index (χ2n) is 12.3. The zero-order valence-electron chi connectivity index (χ0n) is 26.5. The van der Waals surface area contributed by atoms with Crippen molar-refractivity contribution >= 4 is 66.2 Å². The molecule has 0 aliphatic rings. The molecule has 45 heavy (non-hydrogen) atoms. The summed E-state index contributed by atoms with van der Waals surface area (Å²) in [5, 5.41) is 18.8. The fourth-order valence-electron chi connectivity index (χ4n) is 6.99. The van der Waals surface area contributed by atoms with E-state index in [2.05, 4.69) is 130 Å². The Bertz CT molecular complexity index is 2320. The summed E-state index contributed by atoms with van der Waals surface area (Å²) in [4.78, 5) is 5.84. The second kappa shape index (κ2) is 10.5. The van der Waals surface area contributed by atoms with Crippen molar-refractivity contribution in [1.29, 1.82) is 5.26 Å². The number of nitrogens with zero attached hydrogens (tertiary/aromatic N) is 3. The lowest BCUT2D eigenvalue weighted by Gasteiger charge is -2.30. The molecule has 3 heteroatoms. The number of hydrogen-bond donors (Lipinski definition) is 0. The number of rotatable bonds is 4. The molecule has 3 nitrogen and oxygen atoms in total. The van der Waals surface area contributed by atoms with Gasteiger partial charge in [0.25, 0.3) is 5.70 Å². The van der Waals surface area contributed by atoms with Gasteiger partial charge in [0.1, 0.15) is 0 Å². The number of fused-ring (bicyclic) bond motifs is 2. The Labute approximate surface area is 264 Å². The molecule has 0 spiro atoms. The van der Waals surface area contributed by atoms with Gasteiger partial charge in [-0.1, -0.05) is 54.6 Å². The number of hydrogen-bond acceptors (Lipinski definition) is 2. The van der Waals surface area contributed by atoms with Gasteiger partial charge in [0.05, 0.1) is 18.3 Å². The highest BCUT2D eigenvalue weighted by atomic mass is 15.1. The zero-order chi connectivity index (χ0) is 31.6. The van der Waals surface area contributed by atoms with Gasteiger partial charge < -0.3 is 4.90 Å². The Balaban J connectivity index is 1.59. The fourth-order valence-corrected chi connectivity index (χ4v) is 6.99. The molecular formula is C42H33N3. The number of allylic oxidation sites excluding steroid dienone is 1. The first-order chi connectivity index (χ1) is 21.7. The van der Waals surface area contributed by atoms with Crippen LogP contribution < -0.4 is 4.90 Å². The van der Waals surface area contributed by atoms with Crippen LogP contribution in [0.2, 0.25) is 0 Å². The molecule has 0 saturated heterocycles. The molecule has 0 bridgehead atoms. The Morgan fingerprint density at radius 3 is 1.58 bits per heavy atom. The molecular weight excluding hydrogens is 546 g/mol. The summed E-state index contributed by atoms with van der Waals surface area (Å²) < 4.78 is 0. The van der Waals surface area contributed by atoms with E-state index in [0.717, 1.165) is 33.4 Å². The maximum absolute atomic E-state index is 9.44. The maximum Gasteiger partial charge on any atom is 0.262 e. The first kappa shape index (κ1) is 28.1. The molecule has 0 aromatic heterocycles. The summed E-state index contributed by atoms with van der Waals surface area (Å²) in [5.41, 5.74) is 12.2. The van der Waals surface area contributed by atoms with Crippen molar-refractivity contribution in [1.82, 2.24) is 0 Å². The van der Waals surface area contributed by atoms with Crippen LogP contribution in [0.3, 0.4) is 0 Å². The summed E-state index contributed by atoms with van der Waals surface area (Å²) in [6, 6.07) is 33.0. The lowest BCUT2D eigenvalue weighted by atomic mass is 9.87. The summed E-state index contributed by atoms with van der Waals surface area (Å²) >= 11 is 0. The fraction of sp³-hybridized carbons (Fsp3) is 0.143. The van der Waals surface area contributed by atoms with Gasteiger partial charge in [-0.25, -0.2) is 10.1 Å². The van der Waals surface area contributed by atoms with Crippen LogP contribution in [0.1, 0.15) is 38.9 Å². The molecule has 0 heterocycles. The van der Waals surface area contributed by atoms with Gasteiger partial charge >= 0.3 is 0 Å². The normalized spacial score (nSPS) is 11.9. The predicted octanol–water partition coefficient (Wildman–Crippen LogP) is 11.8. The molecule has 0 aliphatic heterocycles. The molecule has 216 valence electrons. The van der Waals surface area contributed by atoms with Crippen LogP contribution in [0.25, 0.3) is 54.0 Å². The molecule has 0 atom stereocenters. The zero-order valence-corrected chi connectivity index (χ0v) is 26.5. The molecule has 0 fully saturated rings. The highest BCUT2D eigenvalue weighted by Crippen LogP contribution is 2.47.